The van der Waals surface area contributed by atoms with Crippen molar-refractivity contribution in [2.45, 2.75) is 39.5 Å². The average Bonchev–Trinajstić information content (AvgIpc) is 2.19. The molecule has 0 amide bonds. The van der Waals surface area contributed by atoms with Crippen molar-refractivity contribution in [3.8, 4) is 0 Å². The monoisotopic (exact) mass is 198 g/mol. The lowest BCUT2D eigenvalue weighted by atomic mass is 9.93. The van der Waals surface area contributed by atoms with Gasteiger partial charge in [0.1, 0.15) is 0 Å². The molecule has 1 heterocycles. The Bertz CT molecular complexity index is 139. The van der Waals surface area contributed by atoms with Crippen LogP contribution in [-0.2, 0) is 0 Å². The van der Waals surface area contributed by atoms with Crippen molar-refractivity contribution in [2.75, 3.05) is 26.2 Å². The van der Waals surface area contributed by atoms with Gasteiger partial charge in [0, 0.05) is 6.54 Å². The smallest absolute Gasteiger partial charge is 0.000749 e. The Kier molecular flexibility index (Phi) is 5.49. The molecule has 0 aromatic heterocycles. The predicted molar refractivity (Wildman–Crippen MR) is 62.3 cm³/mol. The largest absolute Gasteiger partial charge is 0.330 e. The molecule has 1 unspecified atom stereocenters. The molecule has 0 saturated carbocycles. The van der Waals surface area contributed by atoms with Crippen LogP contribution in [-0.4, -0.2) is 31.1 Å². The van der Waals surface area contributed by atoms with E-state index in [9.17, 15) is 0 Å². The first-order valence-corrected chi connectivity index (χ1v) is 6.18. The molecule has 1 rings (SSSR count). The zero-order valence-electron chi connectivity index (χ0n) is 9.84. The van der Waals surface area contributed by atoms with Gasteiger partial charge >= 0.3 is 0 Å². The number of rotatable bonds is 5. The predicted octanol–water partition coefficient (Wildman–Crippen LogP) is 2.09. The Labute approximate surface area is 88.8 Å². The highest BCUT2D eigenvalue weighted by Gasteiger charge is 2.18. The molecule has 0 aromatic rings. The van der Waals surface area contributed by atoms with Gasteiger partial charge in [-0.25, -0.2) is 0 Å². The maximum atomic E-state index is 5.56. The van der Waals surface area contributed by atoms with E-state index in [-0.39, 0.29) is 0 Å². The summed E-state index contributed by atoms with van der Waals surface area (Å²) in [6.45, 7) is 9.36. The van der Waals surface area contributed by atoms with Gasteiger partial charge in [0.2, 0.25) is 0 Å². The first-order valence-electron chi connectivity index (χ1n) is 6.18. The molecule has 1 aliphatic heterocycles. The summed E-state index contributed by atoms with van der Waals surface area (Å²) in [5.74, 6) is 1.77. The van der Waals surface area contributed by atoms with Crippen LogP contribution in [0.3, 0.4) is 0 Å². The van der Waals surface area contributed by atoms with E-state index in [0.717, 1.165) is 18.4 Å². The molecule has 0 bridgehead atoms. The van der Waals surface area contributed by atoms with Crippen LogP contribution in [0.4, 0.5) is 0 Å². The van der Waals surface area contributed by atoms with Gasteiger partial charge in [-0.2, -0.15) is 0 Å². The number of piperidine rings is 1. The molecule has 0 radical (unpaired) electrons. The second-order valence-electron chi connectivity index (χ2n) is 4.83. The summed E-state index contributed by atoms with van der Waals surface area (Å²) in [4.78, 5) is 2.62. The van der Waals surface area contributed by atoms with E-state index in [1.54, 1.807) is 0 Å². The van der Waals surface area contributed by atoms with Gasteiger partial charge in [0.05, 0.1) is 0 Å². The third-order valence-electron chi connectivity index (χ3n) is 3.51. The molecule has 1 fully saturated rings. The molecule has 2 heteroatoms. The third kappa shape index (κ3) is 3.97. The minimum absolute atomic E-state index is 0.776. The zero-order valence-corrected chi connectivity index (χ0v) is 9.84. The molecule has 84 valence electrons. The number of likely N-dealkylation sites (tertiary alicyclic amines) is 1. The maximum absolute atomic E-state index is 5.56. The molecule has 14 heavy (non-hydrogen) atoms. The number of nitrogens with two attached hydrogens (primary N) is 1. The Morgan fingerprint density at radius 2 is 2.00 bits per heavy atom. The van der Waals surface area contributed by atoms with Crippen LogP contribution in [0.1, 0.15) is 39.5 Å². The standard InChI is InChI=1S/C12H26N2/c1-3-12-5-8-14(9-6-12)10-11(2)4-7-13/h11-12H,3-10,13H2,1-2H3. The van der Waals surface area contributed by atoms with Gasteiger partial charge in [0.15, 0.2) is 0 Å². The molecule has 2 nitrogen and oxygen atoms in total. The van der Waals surface area contributed by atoms with Crippen LogP contribution in [0, 0.1) is 11.8 Å². The van der Waals surface area contributed by atoms with Crippen molar-refractivity contribution < 1.29 is 0 Å². The van der Waals surface area contributed by atoms with E-state index in [1.165, 1.54) is 45.3 Å². The van der Waals surface area contributed by atoms with Gasteiger partial charge in [0.25, 0.3) is 0 Å². The normalized spacial score (nSPS) is 22.5. The van der Waals surface area contributed by atoms with Crippen molar-refractivity contribution in [2.24, 2.45) is 17.6 Å². The van der Waals surface area contributed by atoms with Crippen molar-refractivity contribution in [3.05, 3.63) is 0 Å². The molecule has 1 aliphatic rings. The molecule has 0 aromatic carbocycles. The molecule has 1 saturated heterocycles. The van der Waals surface area contributed by atoms with E-state index in [4.69, 9.17) is 5.73 Å². The van der Waals surface area contributed by atoms with Crippen LogP contribution in [0.25, 0.3) is 0 Å². The summed E-state index contributed by atoms with van der Waals surface area (Å²) >= 11 is 0. The van der Waals surface area contributed by atoms with Crippen LogP contribution >= 0.6 is 0 Å². The molecular weight excluding hydrogens is 172 g/mol. The lowest BCUT2D eigenvalue weighted by molar-refractivity contribution is 0.160. The van der Waals surface area contributed by atoms with Gasteiger partial charge in [-0.05, 0) is 50.7 Å². The second-order valence-corrected chi connectivity index (χ2v) is 4.83. The number of nitrogens with zero attached hydrogens (tertiary/aromatic N) is 1. The summed E-state index contributed by atoms with van der Waals surface area (Å²) in [7, 11) is 0. The molecule has 2 N–H and O–H groups in total. The summed E-state index contributed by atoms with van der Waals surface area (Å²) in [5, 5.41) is 0. The fourth-order valence-electron chi connectivity index (χ4n) is 2.39. The third-order valence-corrected chi connectivity index (χ3v) is 3.51. The van der Waals surface area contributed by atoms with Crippen LogP contribution in [0.15, 0.2) is 0 Å². The maximum Gasteiger partial charge on any atom is 0.000749 e. The fraction of sp³-hybridized carbons (Fsp3) is 1.00. The van der Waals surface area contributed by atoms with Crippen LogP contribution in [0.2, 0.25) is 0 Å². The van der Waals surface area contributed by atoms with Crippen molar-refractivity contribution >= 4 is 0 Å². The van der Waals surface area contributed by atoms with Gasteiger partial charge in [-0.3, -0.25) is 0 Å². The lowest BCUT2D eigenvalue weighted by Gasteiger charge is -2.33. The lowest BCUT2D eigenvalue weighted by Crippen LogP contribution is -2.36. The summed E-state index contributed by atoms with van der Waals surface area (Å²) in [6.07, 6.45) is 5.36. The van der Waals surface area contributed by atoms with Gasteiger partial charge < -0.3 is 10.6 Å². The van der Waals surface area contributed by atoms with E-state index >= 15 is 0 Å². The van der Waals surface area contributed by atoms with Crippen molar-refractivity contribution in [1.82, 2.24) is 4.90 Å². The zero-order chi connectivity index (χ0) is 10.4. The van der Waals surface area contributed by atoms with Gasteiger partial charge in [-0.15, -0.1) is 0 Å². The Morgan fingerprint density at radius 3 is 2.50 bits per heavy atom. The highest BCUT2D eigenvalue weighted by atomic mass is 15.1. The van der Waals surface area contributed by atoms with Crippen LogP contribution < -0.4 is 5.73 Å². The minimum Gasteiger partial charge on any atom is -0.330 e. The second kappa shape index (κ2) is 6.41. The summed E-state index contributed by atoms with van der Waals surface area (Å²) < 4.78 is 0. The number of hydrogen-bond donors (Lipinski definition) is 1. The first kappa shape index (κ1) is 12.0. The van der Waals surface area contributed by atoms with Crippen LogP contribution in [0.5, 0.6) is 0 Å². The molecule has 0 aliphatic carbocycles. The van der Waals surface area contributed by atoms with Gasteiger partial charge in [-0.1, -0.05) is 20.3 Å². The first-order chi connectivity index (χ1) is 6.76. The molecular formula is C12H26N2. The van der Waals surface area contributed by atoms with E-state index < -0.39 is 0 Å². The van der Waals surface area contributed by atoms with E-state index in [0.29, 0.717) is 0 Å². The quantitative estimate of drug-likeness (QED) is 0.733. The minimum atomic E-state index is 0.776. The van der Waals surface area contributed by atoms with E-state index in [2.05, 4.69) is 18.7 Å². The van der Waals surface area contributed by atoms with Crippen molar-refractivity contribution in [1.29, 1.82) is 0 Å². The Hall–Kier alpha value is -0.0800. The Balaban J connectivity index is 2.15. The molecule has 1 atom stereocenters. The topological polar surface area (TPSA) is 29.3 Å². The SMILES string of the molecule is CCC1CCN(CC(C)CCN)CC1. The average molecular weight is 198 g/mol. The summed E-state index contributed by atoms with van der Waals surface area (Å²) in [6, 6.07) is 0. The fourth-order valence-corrected chi connectivity index (χ4v) is 2.39. The van der Waals surface area contributed by atoms with Crippen molar-refractivity contribution in [3.63, 3.8) is 0 Å². The summed E-state index contributed by atoms with van der Waals surface area (Å²) in [5.41, 5.74) is 5.56. The molecule has 0 spiro atoms. The number of hydrogen-bond acceptors (Lipinski definition) is 2. The Morgan fingerprint density at radius 1 is 1.36 bits per heavy atom. The highest BCUT2D eigenvalue weighted by Crippen LogP contribution is 2.20. The highest BCUT2D eigenvalue weighted by molar-refractivity contribution is 4.72. The van der Waals surface area contributed by atoms with E-state index in [1.807, 2.05) is 0 Å².